The fourth-order valence-electron chi connectivity index (χ4n) is 6.27. The molecule has 3 aromatic heterocycles. The second-order valence-electron chi connectivity index (χ2n) is 12.5. The molecule has 13 heteroatoms. The number of hydrogen-bond acceptors (Lipinski definition) is 12. The maximum atomic E-state index is 13.5. The van der Waals surface area contributed by atoms with Crippen LogP contribution < -0.4 is 25.6 Å². The molecule has 4 aromatic rings. The third-order valence-electron chi connectivity index (χ3n) is 8.78. The Labute approximate surface area is 270 Å². The van der Waals surface area contributed by atoms with E-state index in [2.05, 4.69) is 53.9 Å². The van der Waals surface area contributed by atoms with Crippen molar-refractivity contribution >= 4 is 58.0 Å². The van der Waals surface area contributed by atoms with Gasteiger partial charge in [0.25, 0.3) is 0 Å². The lowest BCUT2D eigenvalue weighted by Gasteiger charge is -2.42. The zero-order chi connectivity index (χ0) is 32.4. The van der Waals surface area contributed by atoms with E-state index in [1.54, 1.807) is 39.0 Å². The van der Waals surface area contributed by atoms with Crippen LogP contribution in [0, 0.1) is 0 Å². The van der Waals surface area contributed by atoms with E-state index in [1.807, 2.05) is 31.2 Å². The maximum absolute atomic E-state index is 13.5. The number of nitrogens with one attached hydrogen (secondary N) is 2. The van der Waals surface area contributed by atoms with E-state index in [0.717, 1.165) is 69.1 Å². The van der Waals surface area contributed by atoms with Crippen molar-refractivity contribution in [3.8, 4) is 5.88 Å². The van der Waals surface area contributed by atoms with Gasteiger partial charge in [-0.05, 0) is 70.0 Å². The number of hydrogen-bond donors (Lipinski definition) is 2. The molecule has 0 aliphatic carbocycles. The molecule has 0 radical (unpaired) electrons. The molecule has 2 saturated heterocycles. The van der Waals surface area contributed by atoms with E-state index >= 15 is 0 Å². The molecule has 0 saturated carbocycles. The normalized spacial score (nSPS) is 16.8. The molecular formula is C33H43N10O2P. The van der Waals surface area contributed by atoms with Crippen LogP contribution in [0.4, 0.5) is 29.0 Å². The molecule has 2 fully saturated rings. The summed E-state index contributed by atoms with van der Waals surface area (Å²) in [7, 11) is 1.05. The van der Waals surface area contributed by atoms with Gasteiger partial charge in [-0.3, -0.25) is 14.9 Å². The van der Waals surface area contributed by atoms with Crippen LogP contribution in [0.1, 0.15) is 25.3 Å². The molecule has 0 atom stereocenters. The molecule has 0 unspecified atom stereocenters. The molecule has 0 amide bonds. The topological polar surface area (TPSA) is 125 Å². The van der Waals surface area contributed by atoms with Gasteiger partial charge in [0.15, 0.2) is 0 Å². The van der Waals surface area contributed by atoms with E-state index in [4.69, 9.17) is 14.7 Å². The number of nitrogens with zero attached hydrogens (tertiary/aromatic N) is 8. The highest BCUT2D eigenvalue weighted by Gasteiger charge is 2.28. The number of pyridine rings is 1. The summed E-state index contributed by atoms with van der Waals surface area (Å²) in [5.74, 6) is 2.24. The van der Waals surface area contributed by atoms with Crippen LogP contribution in [-0.4, -0.2) is 108 Å². The van der Waals surface area contributed by atoms with Gasteiger partial charge in [-0.25, -0.2) is 4.98 Å². The summed E-state index contributed by atoms with van der Waals surface area (Å²) in [5.41, 5.74) is 4.10. The highest BCUT2D eigenvalue weighted by atomic mass is 31.2. The van der Waals surface area contributed by atoms with Gasteiger partial charge in [-0.15, -0.1) is 0 Å². The highest BCUT2D eigenvalue weighted by Crippen LogP contribution is 2.41. The molecule has 2 N–H and O–H groups in total. The number of ether oxygens (including phenoxy) is 1. The largest absolute Gasteiger partial charge is 0.479 e. The number of likely N-dealkylation sites (N-methyl/N-ethyl adjacent to an activating group) is 1. The lowest BCUT2D eigenvalue weighted by atomic mass is 10.0. The van der Waals surface area contributed by atoms with Crippen LogP contribution >= 0.6 is 7.14 Å². The number of rotatable bonds is 9. The van der Waals surface area contributed by atoms with Crippen molar-refractivity contribution in [2.75, 3.05) is 82.3 Å². The summed E-state index contributed by atoms with van der Waals surface area (Å²) in [6, 6.07) is 8.34. The van der Waals surface area contributed by atoms with Crippen molar-refractivity contribution in [1.29, 1.82) is 0 Å². The number of allylic oxidation sites excluding steroid dienone is 1. The summed E-state index contributed by atoms with van der Waals surface area (Å²) < 4.78 is 19.2. The van der Waals surface area contributed by atoms with Gasteiger partial charge in [0, 0.05) is 69.5 Å². The monoisotopic (exact) mass is 642 g/mol. The first kappa shape index (κ1) is 31.8. The van der Waals surface area contributed by atoms with E-state index in [9.17, 15) is 4.57 Å². The third-order valence-corrected chi connectivity index (χ3v) is 10.3. The number of fused-ring (bicyclic) bond motifs is 1. The predicted octanol–water partition coefficient (Wildman–Crippen LogP) is 4.81. The van der Waals surface area contributed by atoms with Crippen molar-refractivity contribution in [2.45, 2.75) is 25.8 Å². The van der Waals surface area contributed by atoms with Gasteiger partial charge >= 0.3 is 0 Å². The molecule has 0 bridgehead atoms. The second-order valence-corrected chi connectivity index (χ2v) is 15.7. The SMILES string of the molecule is C=C(C)c1cnc(Nc2ccc(N3CCC(N4CCN(C)CC4)CC3)nc2OC)nc1Nc1ccc2nccnc2c1P(C)(C)=O. The Morgan fingerprint density at radius 2 is 1.65 bits per heavy atom. The van der Waals surface area contributed by atoms with Crippen LogP contribution in [0.15, 0.2) is 49.4 Å². The Bertz CT molecular complexity index is 1780. The Hall–Kier alpha value is -4.12. The van der Waals surface area contributed by atoms with Gasteiger partial charge in [0.1, 0.15) is 30.0 Å². The first-order valence-electron chi connectivity index (χ1n) is 15.7. The minimum atomic E-state index is -2.76. The highest BCUT2D eigenvalue weighted by molar-refractivity contribution is 7.71. The molecule has 6 rings (SSSR count). The summed E-state index contributed by atoms with van der Waals surface area (Å²) in [5, 5.41) is 7.31. The fourth-order valence-corrected chi connectivity index (χ4v) is 7.66. The first-order chi connectivity index (χ1) is 22.1. The average Bonchev–Trinajstić information content (AvgIpc) is 3.04. The number of piperazine rings is 1. The van der Waals surface area contributed by atoms with E-state index < -0.39 is 7.14 Å². The number of benzene rings is 1. The van der Waals surface area contributed by atoms with Crippen LogP contribution in [-0.2, 0) is 4.57 Å². The molecule has 242 valence electrons. The Kier molecular flexibility index (Phi) is 9.22. The molecule has 5 heterocycles. The van der Waals surface area contributed by atoms with Gasteiger partial charge in [0.05, 0.1) is 23.6 Å². The van der Waals surface area contributed by atoms with Crippen molar-refractivity contribution in [2.24, 2.45) is 0 Å². The lowest BCUT2D eigenvalue weighted by Crippen LogP contribution is -2.52. The zero-order valence-electron chi connectivity index (χ0n) is 27.3. The maximum Gasteiger partial charge on any atom is 0.239 e. The quantitative estimate of drug-likeness (QED) is 0.244. The number of methoxy groups -OCH3 is 1. The molecule has 2 aliphatic heterocycles. The van der Waals surface area contributed by atoms with E-state index in [0.29, 0.717) is 51.4 Å². The van der Waals surface area contributed by atoms with Gasteiger partial charge < -0.3 is 29.7 Å². The van der Waals surface area contributed by atoms with E-state index in [1.165, 1.54) is 0 Å². The van der Waals surface area contributed by atoms with Crippen molar-refractivity contribution in [3.05, 3.63) is 55.0 Å². The zero-order valence-corrected chi connectivity index (χ0v) is 28.2. The number of aromatic nitrogens is 5. The minimum Gasteiger partial charge on any atom is -0.479 e. The molecular weight excluding hydrogens is 599 g/mol. The average molecular weight is 643 g/mol. The van der Waals surface area contributed by atoms with Crippen LogP contribution in [0.3, 0.4) is 0 Å². The molecule has 2 aliphatic rings. The van der Waals surface area contributed by atoms with Crippen LogP contribution in [0.5, 0.6) is 5.88 Å². The standard InChI is InChI=1S/C33H43N10O2P/c1-22(2)24-21-36-33(40-31(24)37-26-8-7-25-29(35-14-13-34-25)30(26)46(5,6)44)38-27-9-10-28(39-32(27)45-4)43-15-11-23(12-16-43)42-19-17-41(3)18-20-42/h7-10,13-14,21,23H,1,11-12,15-20H2,2-6H3,(H2,36,37,38,40). The van der Waals surface area contributed by atoms with Crippen LogP contribution in [0.2, 0.25) is 0 Å². The van der Waals surface area contributed by atoms with E-state index in [-0.39, 0.29) is 0 Å². The van der Waals surface area contributed by atoms with Crippen molar-refractivity contribution < 1.29 is 9.30 Å². The predicted molar refractivity (Wildman–Crippen MR) is 187 cm³/mol. The molecule has 46 heavy (non-hydrogen) atoms. The fraction of sp³-hybridized carbons (Fsp3) is 0.424. The second kappa shape index (κ2) is 13.3. The van der Waals surface area contributed by atoms with Crippen molar-refractivity contribution in [1.82, 2.24) is 34.7 Å². The Balaban J connectivity index is 1.22. The molecule has 1 aromatic carbocycles. The smallest absolute Gasteiger partial charge is 0.239 e. The number of piperidine rings is 1. The van der Waals surface area contributed by atoms with Gasteiger partial charge in [-0.2, -0.15) is 9.97 Å². The van der Waals surface area contributed by atoms with Gasteiger partial charge in [0.2, 0.25) is 11.8 Å². The minimum absolute atomic E-state index is 0.353. The Morgan fingerprint density at radius 3 is 2.35 bits per heavy atom. The van der Waals surface area contributed by atoms with Crippen LogP contribution in [0.25, 0.3) is 16.6 Å². The molecule has 0 spiro atoms. The van der Waals surface area contributed by atoms with Crippen molar-refractivity contribution in [3.63, 3.8) is 0 Å². The Morgan fingerprint density at radius 1 is 0.935 bits per heavy atom. The van der Waals surface area contributed by atoms with Gasteiger partial charge in [-0.1, -0.05) is 6.58 Å². The summed E-state index contributed by atoms with van der Waals surface area (Å²) in [6.07, 6.45) is 7.22. The lowest BCUT2D eigenvalue weighted by molar-refractivity contribution is 0.0981. The third kappa shape index (κ3) is 6.84. The summed E-state index contributed by atoms with van der Waals surface area (Å²) >= 11 is 0. The first-order valence-corrected chi connectivity index (χ1v) is 18.3. The summed E-state index contributed by atoms with van der Waals surface area (Å²) in [6.45, 7) is 16.0. The number of anilines is 5. The summed E-state index contributed by atoms with van der Waals surface area (Å²) in [4.78, 5) is 30.5. The molecule has 12 nitrogen and oxygen atoms in total.